The van der Waals surface area contributed by atoms with E-state index in [1.165, 1.54) is 11.8 Å². The maximum Gasteiger partial charge on any atom is 0.262 e. The van der Waals surface area contributed by atoms with Crippen molar-refractivity contribution in [2.24, 2.45) is 0 Å². The van der Waals surface area contributed by atoms with Gasteiger partial charge in [-0.2, -0.15) is 0 Å². The minimum Gasteiger partial charge on any atom is -0.338 e. The molecule has 0 N–H and O–H groups in total. The molecule has 0 radical (unpaired) electrons. The number of hydrogen-bond donors (Lipinski definition) is 0. The molecule has 6 heteroatoms. The van der Waals surface area contributed by atoms with Crippen LogP contribution in [0.4, 0.5) is 0 Å². The van der Waals surface area contributed by atoms with Crippen LogP contribution in [-0.4, -0.2) is 32.7 Å². The van der Waals surface area contributed by atoms with Crippen molar-refractivity contribution >= 4 is 28.6 Å². The average molecular weight is 396 g/mol. The molecule has 1 heterocycles. The molecule has 146 valence electrons. The first kappa shape index (κ1) is 20.1. The first-order chi connectivity index (χ1) is 13.6. The Morgan fingerprint density at radius 2 is 1.79 bits per heavy atom. The van der Waals surface area contributed by atoms with Crippen molar-refractivity contribution in [1.29, 1.82) is 0 Å². The number of carbonyl (C=O) groups is 1. The zero-order valence-corrected chi connectivity index (χ0v) is 17.1. The van der Waals surface area contributed by atoms with Crippen LogP contribution in [0.15, 0.2) is 64.5 Å². The Morgan fingerprint density at radius 3 is 2.50 bits per heavy atom. The minimum atomic E-state index is -0.0426. The summed E-state index contributed by atoms with van der Waals surface area (Å²) >= 11 is 1.34. The van der Waals surface area contributed by atoms with E-state index in [1.54, 1.807) is 10.6 Å². The van der Waals surface area contributed by atoms with Crippen LogP contribution < -0.4 is 5.56 Å². The monoisotopic (exact) mass is 395 g/mol. The summed E-state index contributed by atoms with van der Waals surface area (Å²) in [5.74, 6) is 0.302. The molecule has 1 amide bonds. The van der Waals surface area contributed by atoms with E-state index < -0.39 is 0 Å². The summed E-state index contributed by atoms with van der Waals surface area (Å²) in [4.78, 5) is 32.1. The predicted octanol–water partition coefficient (Wildman–Crippen LogP) is 3.95. The third-order valence-electron chi connectivity index (χ3n) is 4.55. The molecule has 28 heavy (non-hydrogen) atoms. The third kappa shape index (κ3) is 4.62. The van der Waals surface area contributed by atoms with Crippen LogP contribution in [0.5, 0.6) is 0 Å². The van der Waals surface area contributed by atoms with E-state index in [9.17, 15) is 9.59 Å². The number of thioether (sulfide) groups is 1. The number of fused-ring (bicyclic) bond motifs is 1. The van der Waals surface area contributed by atoms with Crippen LogP contribution in [0, 0.1) is 0 Å². The van der Waals surface area contributed by atoms with Crippen LogP contribution in [0.3, 0.4) is 0 Å². The Morgan fingerprint density at radius 1 is 1.07 bits per heavy atom. The normalized spacial score (nSPS) is 10.9. The van der Waals surface area contributed by atoms with Gasteiger partial charge in [-0.15, -0.1) is 0 Å². The molecule has 0 aliphatic heterocycles. The van der Waals surface area contributed by atoms with Crippen molar-refractivity contribution in [2.75, 3.05) is 12.3 Å². The number of hydrogen-bond acceptors (Lipinski definition) is 4. The molecule has 0 bridgehead atoms. The Labute approximate surface area is 169 Å². The zero-order valence-electron chi connectivity index (χ0n) is 16.3. The Bertz CT molecular complexity index is 1000. The lowest BCUT2D eigenvalue weighted by molar-refractivity contribution is -0.128. The van der Waals surface area contributed by atoms with Gasteiger partial charge in [0.2, 0.25) is 5.91 Å². The van der Waals surface area contributed by atoms with Gasteiger partial charge in [0.15, 0.2) is 5.16 Å². The SMILES string of the molecule is CCCn1c(SCC(=O)N(CC)Cc2ccccc2)nc2ccccc2c1=O. The van der Waals surface area contributed by atoms with E-state index in [1.807, 2.05) is 67.3 Å². The van der Waals surface area contributed by atoms with Crippen molar-refractivity contribution in [1.82, 2.24) is 14.5 Å². The van der Waals surface area contributed by atoms with Gasteiger partial charge in [-0.1, -0.05) is 61.2 Å². The smallest absolute Gasteiger partial charge is 0.262 e. The van der Waals surface area contributed by atoms with Gasteiger partial charge in [-0.05, 0) is 31.0 Å². The first-order valence-electron chi connectivity index (χ1n) is 9.58. The number of para-hydroxylation sites is 1. The molecule has 3 rings (SSSR count). The van der Waals surface area contributed by atoms with Gasteiger partial charge >= 0.3 is 0 Å². The second kappa shape index (κ2) is 9.55. The predicted molar refractivity (Wildman–Crippen MR) is 115 cm³/mol. The molecule has 0 fully saturated rings. The van der Waals surface area contributed by atoms with Gasteiger partial charge in [0.05, 0.1) is 16.7 Å². The van der Waals surface area contributed by atoms with Gasteiger partial charge in [-0.3, -0.25) is 14.2 Å². The topological polar surface area (TPSA) is 55.2 Å². The fourth-order valence-electron chi connectivity index (χ4n) is 3.08. The van der Waals surface area contributed by atoms with Crippen molar-refractivity contribution in [3.63, 3.8) is 0 Å². The number of rotatable bonds is 8. The lowest BCUT2D eigenvalue weighted by Crippen LogP contribution is -2.32. The number of nitrogens with zero attached hydrogens (tertiary/aromatic N) is 3. The van der Waals surface area contributed by atoms with Gasteiger partial charge in [0.25, 0.3) is 5.56 Å². The maximum absolute atomic E-state index is 12.8. The first-order valence-corrected chi connectivity index (χ1v) is 10.6. The summed E-state index contributed by atoms with van der Waals surface area (Å²) in [6.07, 6.45) is 0.830. The van der Waals surface area contributed by atoms with Crippen LogP contribution in [-0.2, 0) is 17.9 Å². The van der Waals surface area contributed by atoms with Crippen molar-refractivity contribution in [3.8, 4) is 0 Å². The van der Waals surface area contributed by atoms with Crippen LogP contribution in [0.25, 0.3) is 10.9 Å². The molecule has 0 atom stereocenters. The molecule has 0 aliphatic carbocycles. The van der Waals surface area contributed by atoms with E-state index in [4.69, 9.17) is 0 Å². The second-order valence-electron chi connectivity index (χ2n) is 6.55. The summed E-state index contributed by atoms with van der Waals surface area (Å²) in [5, 5.41) is 1.22. The highest BCUT2D eigenvalue weighted by molar-refractivity contribution is 7.99. The molecule has 0 saturated carbocycles. The van der Waals surface area contributed by atoms with Crippen LogP contribution >= 0.6 is 11.8 Å². The van der Waals surface area contributed by atoms with Crippen molar-refractivity contribution < 1.29 is 4.79 Å². The molecular formula is C22H25N3O2S. The second-order valence-corrected chi connectivity index (χ2v) is 7.49. The van der Waals surface area contributed by atoms with E-state index in [-0.39, 0.29) is 17.2 Å². The lowest BCUT2D eigenvalue weighted by atomic mass is 10.2. The Kier molecular flexibility index (Phi) is 6.87. The van der Waals surface area contributed by atoms with Gasteiger partial charge < -0.3 is 4.90 Å². The summed E-state index contributed by atoms with van der Waals surface area (Å²) in [5.41, 5.74) is 1.74. The van der Waals surface area contributed by atoms with E-state index in [0.717, 1.165) is 12.0 Å². The number of aromatic nitrogens is 2. The highest BCUT2D eigenvalue weighted by Gasteiger charge is 2.16. The molecule has 0 aliphatic rings. The lowest BCUT2D eigenvalue weighted by Gasteiger charge is -2.21. The molecule has 3 aromatic rings. The van der Waals surface area contributed by atoms with Gasteiger partial charge in [-0.25, -0.2) is 4.98 Å². The average Bonchev–Trinajstić information content (AvgIpc) is 2.73. The fraction of sp³-hybridized carbons (Fsp3) is 0.318. The molecule has 0 spiro atoms. The highest BCUT2D eigenvalue weighted by atomic mass is 32.2. The Hall–Kier alpha value is -2.60. The van der Waals surface area contributed by atoms with Crippen molar-refractivity contribution in [2.45, 2.75) is 38.5 Å². The Balaban J connectivity index is 1.79. The van der Waals surface area contributed by atoms with E-state index in [2.05, 4.69) is 4.98 Å². The van der Waals surface area contributed by atoms with Gasteiger partial charge in [0.1, 0.15) is 0 Å². The standard InChI is InChI=1S/C22H25N3O2S/c1-3-14-25-21(27)18-12-8-9-13-19(18)23-22(25)28-16-20(26)24(4-2)15-17-10-6-5-7-11-17/h5-13H,3-4,14-16H2,1-2H3. The summed E-state index contributed by atoms with van der Waals surface area (Å²) < 4.78 is 1.69. The molecule has 0 saturated heterocycles. The minimum absolute atomic E-state index is 0.0426. The molecular weight excluding hydrogens is 370 g/mol. The molecule has 0 unspecified atom stereocenters. The third-order valence-corrected chi connectivity index (χ3v) is 5.51. The zero-order chi connectivity index (χ0) is 19.9. The number of benzene rings is 2. The van der Waals surface area contributed by atoms with Crippen LogP contribution in [0.1, 0.15) is 25.8 Å². The van der Waals surface area contributed by atoms with E-state index in [0.29, 0.717) is 35.7 Å². The fourth-order valence-corrected chi connectivity index (χ4v) is 4.00. The number of amides is 1. The summed E-state index contributed by atoms with van der Waals surface area (Å²) in [6.45, 7) is 5.83. The summed E-state index contributed by atoms with van der Waals surface area (Å²) in [6, 6.07) is 17.3. The quantitative estimate of drug-likeness (QED) is 0.428. The molecule has 1 aromatic heterocycles. The highest BCUT2D eigenvalue weighted by Crippen LogP contribution is 2.19. The maximum atomic E-state index is 12.8. The number of carbonyl (C=O) groups excluding carboxylic acids is 1. The molecule has 5 nitrogen and oxygen atoms in total. The largest absolute Gasteiger partial charge is 0.338 e. The van der Waals surface area contributed by atoms with E-state index >= 15 is 0 Å². The van der Waals surface area contributed by atoms with Crippen LogP contribution in [0.2, 0.25) is 0 Å². The molecule has 2 aromatic carbocycles. The summed E-state index contributed by atoms with van der Waals surface area (Å²) in [7, 11) is 0. The van der Waals surface area contributed by atoms with Gasteiger partial charge in [0, 0.05) is 19.6 Å². The van der Waals surface area contributed by atoms with Crippen molar-refractivity contribution in [3.05, 3.63) is 70.5 Å².